The second-order valence-corrected chi connectivity index (χ2v) is 8.04. The van der Waals surface area contributed by atoms with Gasteiger partial charge in [0.1, 0.15) is 16.3 Å². The van der Waals surface area contributed by atoms with Crippen molar-refractivity contribution < 1.29 is 4.57 Å². The average Bonchev–Trinajstić information content (AvgIpc) is 3.01. The van der Waals surface area contributed by atoms with E-state index in [4.69, 9.17) is 0 Å². The second kappa shape index (κ2) is 5.45. The number of nitrogens with zero attached hydrogens (tertiary/aromatic N) is 2. The zero-order valence-electron chi connectivity index (χ0n) is 14.7. The lowest BCUT2D eigenvalue weighted by molar-refractivity contribution is -0.577. The summed E-state index contributed by atoms with van der Waals surface area (Å²) in [5, 5.41) is 0. The van der Waals surface area contributed by atoms with Crippen molar-refractivity contribution in [2.45, 2.75) is 39.2 Å². The predicted molar refractivity (Wildman–Crippen MR) is 102 cm³/mol. The Morgan fingerprint density at radius 1 is 0.958 bits per heavy atom. The van der Waals surface area contributed by atoms with E-state index >= 15 is 0 Å². The third-order valence-corrected chi connectivity index (χ3v) is 6.14. The van der Waals surface area contributed by atoms with Crippen molar-refractivity contribution in [3.05, 3.63) is 70.5 Å². The standard InChI is InChI=1S/C21H23N2S/c1-15(2)23-18-13-9-8-12-17(18)21(3,4)19-20(23)22(14-24-19)16-10-6-5-7-11-16/h5-15H,1-4H3/q+1. The lowest BCUT2D eigenvalue weighted by atomic mass is 9.79. The molecule has 24 heavy (non-hydrogen) atoms. The molecule has 122 valence electrons. The molecule has 0 saturated heterocycles. The Balaban J connectivity index is 2.02. The van der Waals surface area contributed by atoms with Crippen LogP contribution < -0.4 is 9.47 Å². The number of hydrogen-bond acceptors (Lipinski definition) is 2. The molecule has 0 radical (unpaired) electrons. The largest absolute Gasteiger partial charge is 0.302 e. The maximum Gasteiger partial charge on any atom is 0.302 e. The van der Waals surface area contributed by atoms with Gasteiger partial charge in [-0.2, -0.15) is 4.57 Å². The molecule has 1 aromatic heterocycles. The van der Waals surface area contributed by atoms with Crippen LogP contribution in [0.15, 0.2) is 60.1 Å². The highest BCUT2D eigenvalue weighted by molar-refractivity contribution is 7.10. The summed E-state index contributed by atoms with van der Waals surface area (Å²) in [6, 6.07) is 19.9. The van der Waals surface area contributed by atoms with E-state index in [2.05, 4.69) is 97.3 Å². The van der Waals surface area contributed by atoms with Crippen molar-refractivity contribution >= 4 is 22.8 Å². The van der Waals surface area contributed by atoms with Crippen LogP contribution in [-0.2, 0) is 5.41 Å². The molecular formula is C21H23N2S+. The van der Waals surface area contributed by atoms with Gasteiger partial charge in [-0.3, -0.25) is 0 Å². The monoisotopic (exact) mass is 335 g/mol. The molecule has 0 aliphatic carbocycles. The Kier molecular flexibility index (Phi) is 3.50. The topological polar surface area (TPSA) is 7.12 Å². The van der Waals surface area contributed by atoms with E-state index in [1.807, 2.05) is 11.3 Å². The molecule has 3 heteroatoms. The molecule has 2 heterocycles. The van der Waals surface area contributed by atoms with Crippen LogP contribution in [0.1, 0.15) is 38.1 Å². The highest BCUT2D eigenvalue weighted by Gasteiger charge is 2.46. The molecule has 0 amide bonds. The first-order chi connectivity index (χ1) is 11.5. The minimum absolute atomic E-state index is 0.0159. The van der Waals surface area contributed by atoms with Gasteiger partial charge in [-0.05, 0) is 32.0 Å². The van der Waals surface area contributed by atoms with Crippen molar-refractivity contribution in [3.63, 3.8) is 0 Å². The van der Waals surface area contributed by atoms with Crippen LogP contribution >= 0.6 is 11.3 Å². The van der Waals surface area contributed by atoms with E-state index < -0.39 is 0 Å². The van der Waals surface area contributed by atoms with Gasteiger partial charge < -0.3 is 0 Å². The number of rotatable bonds is 2. The van der Waals surface area contributed by atoms with Crippen molar-refractivity contribution in [2.24, 2.45) is 0 Å². The van der Waals surface area contributed by atoms with Gasteiger partial charge >= 0.3 is 5.82 Å². The van der Waals surface area contributed by atoms with Crippen LogP contribution in [0.4, 0.5) is 11.5 Å². The summed E-state index contributed by atoms with van der Waals surface area (Å²) >= 11 is 1.86. The second-order valence-electron chi connectivity index (χ2n) is 7.19. The Morgan fingerprint density at radius 2 is 1.62 bits per heavy atom. The molecule has 0 N–H and O–H groups in total. The predicted octanol–water partition coefficient (Wildman–Crippen LogP) is 5.21. The molecule has 0 atom stereocenters. The summed E-state index contributed by atoms with van der Waals surface area (Å²) in [5.74, 6) is 1.31. The SMILES string of the molecule is CC(C)N1c2ccccc2C(C)(C)c2sc[n+](-c3ccccc3)c21. The highest BCUT2D eigenvalue weighted by atomic mass is 32.1. The van der Waals surface area contributed by atoms with Crippen LogP contribution in [-0.4, -0.2) is 6.04 Å². The Hall–Kier alpha value is -2.13. The first kappa shape index (κ1) is 15.4. The van der Waals surface area contributed by atoms with Gasteiger partial charge in [0.2, 0.25) is 0 Å². The number of thiazole rings is 1. The number of aromatic nitrogens is 1. The maximum absolute atomic E-state index is 2.49. The van der Waals surface area contributed by atoms with Gasteiger partial charge in [0, 0.05) is 11.0 Å². The summed E-state index contributed by atoms with van der Waals surface area (Å²) in [6.45, 7) is 9.22. The molecule has 0 saturated carbocycles. The fourth-order valence-electron chi connectivity index (χ4n) is 3.71. The van der Waals surface area contributed by atoms with Crippen LogP contribution in [0.2, 0.25) is 0 Å². The number of fused-ring (bicyclic) bond motifs is 2. The lowest BCUT2D eigenvalue weighted by Crippen LogP contribution is -2.44. The third kappa shape index (κ3) is 2.11. The zero-order chi connectivity index (χ0) is 16.9. The van der Waals surface area contributed by atoms with E-state index in [0.717, 1.165) is 0 Å². The molecule has 3 aromatic rings. The van der Waals surface area contributed by atoms with Crippen LogP contribution in [0.3, 0.4) is 0 Å². The number of hydrogen-bond donors (Lipinski definition) is 0. The number of benzene rings is 2. The van der Waals surface area contributed by atoms with E-state index in [-0.39, 0.29) is 5.41 Å². The van der Waals surface area contributed by atoms with E-state index in [0.29, 0.717) is 6.04 Å². The normalized spacial score (nSPS) is 15.3. The Morgan fingerprint density at radius 3 is 2.33 bits per heavy atom. The molecule has 4 rings (SSSR count). The van der Waals surface area contributed by atoms with E-state index in [1.54, 1.807) is 0 Å². The van der Waals surface area contributed by atoms with Gasteiger partial charge in [0.25, 0.3) is 0 Å². The Labute approximate surface area is 148 Å². The van der Waals surface area contributed by atoms with Gasteiger partial charge in [-0.15, -0.1) is 0 Å². The maximum atomic E-state index is 2.49. The van der Waals surface area contributed by atoms with Gasteiger partial charge in [-0.25, -0.2) is 4.90 Å². The van der Waals surface area contributed by atoms with Crippen LogP contribution in [0.5, 0.6) is 0 Å². The van der Waals surface area contributed by atoms with Crippen molar-refractivity contribution in [2.75, 3.05) is 4.90 Å². The Bertz CT molecular complexity index is 878. The lowest BCUT2D eigenvalue weighted by Gasteiger charge is -2.36. The van der Waals surface area contributed by atoms with Crippen molar-refractivity contribution in [3.8, 4) is 5.69 Å². The molecule has 1 aliphatic rings. The highest BCUT2D eigenvalue weighted by Crippen LogP contribution is 2.50. The first-order valence-electron chi connectivity index (χ1n) is 8.49. The average molecular weight is 335 g/mol. The van der Waals surface area contributed by atoms with E-state index in [1.165, 1.54) is 27.6 Å². The zero-order valence-corrected chi connectivity index (χ0v) is 15.5. The van der Waals surface area contributed by atoms with Crippen LogP contribution in [0, 0.1) is 0 Å². The molecular weight excluding hydrogens is 312 g/mol. The molecule has 0 spiro atoms. The summed E-state index contributed by atoms with van der Waals surface area (Å²) in [7, 11) is 0. The van der Waals surface area contributed by atoms with Gasteiger partial charge in [0.05, 0.1) is 6.04 Å². The van der Waals surface area contributed by atoms with Crippen molar-refractivity contribution in [1.29, 1.82) is 0 Å². The molecule has 1 aliphatic heterocycles. The minimum Gasteiger partial charge on any atom is -0.224 e. The molecule has 0 unspecified atom stereocenters. The minimum atomic E-state index is 0.0159. The summed E-state index contributed by atoms with van der Waals surface area (Å²) in [4.78, 5) is 3.91. The summed E-state index contributed by atoms with van der Waals surface area (Å²) in [5.41, 5.74) is 6.22. The fourth-order valence-corrected chi connectivity index (χ4v) is 4.85. The molecule has 2 nitrogen and oxygen atoms in total. The molecule has 0 bridgehead atoms. The third-order valence-electron chi connectivity index (χ3n) is 4.89. The first-order valence-corrected chi connectivity index (χ1v) is 9.37. The molecule has 0 fully saturated rings. The van der Waals surface area contributed by atoms with Crippen molar-refractivity contribution in [1.82, 2.24) is 0 Å². The van der Waals surface area contributed by atoms with Crippen LogP contribution in [0.25, 0.3) is 5.69 Å². The fraction of sp³-hybridized carbons (Fsp3) is 0.286. The summed E-state index contributed by atoms with van der Waals surface area (Å²) < 4.78 is 2.34. The van der Waals surface area contributed by atoms with Gasteiger partial charge in [-0.1, -0.05) is 61.6 Å². The number of para-hydroxylation sites is 2. The smallest absolute Gasteiger partial charge is 0.224 e. The summed E-state index contributed by atoms with van der Waals surface area (Å²) in [6.07, 6.45) is 0. The number of anilines is 2. The molecule has 2 aromatic carbocycles. The van der Waals surface area contributed by atoms with E-state index in [9.17, 15) is 0 Å². The van der Waals surface area contributed by atoms with Gasteiger partial charge in [0.15, 0.2) is 5.51 Å². The quantitative estimate of drug-likeness (QED) is 0.583.